The summed E-state index contributed by atoms with van der Waals surface area (Å²) in [5.74, 6) is -1.16. The van der Waals surface area contributed by atoms with Crippen molar-refractivity contribution in [1.29, 1.82) is 0 Å². The van der Waals surface area contributed by atoms with E-state index in [0.29, 0.717) is 0 Å². The Morgan fingerprint density at radius 2 is 1.91 bits per heavy atom. The van der Waals surface area contributed by atoms with Crippen molar-refractivity contribution < 1.29 is 17.6 Å². The van der Waals surface area contributed by atoms with Crippen LogP contribution in [0, 0.1) is 5.82 Å². The van der Waals surface area contributed by atoms with Gasteiger partial charge in [0, 0.05) is 11.3 Å². The summed E-state index contributed by atoms with van der Waals surface area (Å²) in [6, 6.07) is 3.84. The Morgan fingerprint density at radius 1 is 1.36 bits per heavy atom. The summed E-state index contributed by atoms with van der Waals surface area (Å²) in [7, 11) is -3.57. The standard InChI is InChI=1S/C14H21FN2O3S2/c1-14(2,21-3)12(16)13(18)17-8-9-22(19,20)11-6-4-10(15)5-7-11/h4-7,12H,8-9,16H2,1-3H3,(H,17,18)/t12-/m1/s1. The predicted octanol–water partition coefficient (Wildman–Crippen LogP) is 1.18. The molecule has 124 valence electrons. The number of hydrogen-bond acceptors (Lipinski definition) is 5. The van der Waals surface area contributed by atoms with Crippen molar-refractivity contribution in [3.8, 4) is 0 Å². The van der Waals surface area contributed by atoms with Gasteiger partial charge in [0.1, 0.15) is 5.82 Å². The second-order valence-corrected chi connectivity index (χ2v) is 8.92. The summed E-state index contributed by atoms with van der Waals surface area (Å²) < 4.78 is 36.4. The van der Waals surface area contributed by atoms with Crippen molar-refractivity contribution in [2.24, 2.45) is 5.73 Å². The molecular formula is C14H21FN2O3S2. The topological polar surface area (TPSA) is 89.3 Å². The van der Waals surface area contributed by atoms with Crippen LogP contribution in [-0.2, 0) is 14.6 Å². The number of carbonyl (C=O) groups is 1. The highest BCUT2D eigenvalue weighted by molar-refractivity contribution is 8.00. The van der Waals surface area contributed by atoms with E-state index in [4.69, 9.17) is 5.73 Å². The van der Waals surface area contributed by atoms with E-state index < -0.39 is 32.4 Å². The third-order valence-corrected chi connectivity index (χ3v) is 6.44. The fourth-order valence-corrected chi connectivity index (χ4v) is 3.14. The van der Waals surface area contributed by atoms with Gasteiger partial charge in [0.25, 0.3) is 0 Å². The first-order chi connectivity index (χ1) is 10.1. The summed E-state index contributed by atoms with van der Waals surface area (Å²) in [4.78, 5) is 11.9. The number of amides is 1. The number of nitrogens with one attached hydrogen (secondary N) is 1. The number of halogens is 1. The third kappa shape index (κ3) is 4.96. The molecule has 0 saturated heterocycles. The quantitative estimate of drug-likeness (QED) is 0.723. The van der Waals surface area contributed by atoms with Crippen LogP contribution in [0.3, 0.4) is 0 Å². The molecule has 0 aromatic heterocycles. The molecule has 0 aliphatic heterocycles. The lowest BCUT2D eigenvalue weighted by atomic mass is 10.0. The fourth-order valence-electron chi connectivity index (χ4n) is 1.62. The molecule has 1 aromatic carbocycles. The zero-order chi connectivity index (χ0) is 17.0. The average molecular weight is 348 g/mol. The van der Waals surface area contributed by atoms with E-state index in [2.05, 4.69) is 5.32 Å². The Bertz CT molecular complexity index is 615. The van der Waals surface area contributed by atoms with Crippen molar-refractivity contribution in [2.45, 2.75) is 29.5 Å². The molecule has 8 heteroatoms. The molecule has 0 saturated carbocycles. The van der Waals surface area contributed by atoms with E-state index in [1.54, 1.807) is 0 Å². The molecular weight excluding hydrogens is 327 g/mol. The minimum absolute atomic E-state index is 0.0249. The van der Waals surface area contributed by atoms with E-state index in [1.165, 1.54) is 23.9 Å². The van der Waals surface area contributed by atoms with Crippen LogP contribution in [0.2, 0.25) is 0 Å². The molecule has 0 fully saturated rings. The van der Waals surface area contributed by atoms with E-state index in [9.17, 15) is 17.6 Å². The van der Waals surface area contributed by atoms with Crippen LogP contribution >= 0.6 is 11.8 Å². The monoisotopic (exact) mass is 348 g/mol. The van der Waals surface area contributed by atoms with Gasteiger partial charge in [0.15, 0.2) is 9.84 Å². The van der Waals surface area contributed by atoms with Crippen LogP contribution < -0.4 is 11.1 Å². The number of sulfone groups is 1. The van der Waals surface area contributed by atoms with Gasteiger partial charge in [0.05, 0.1) is 16.7 Å². The molecule has 0 unspecified atom stereocenters. The summed E-state index contributed by atoms with van der Waals surface area (Å²) in [6.07, 6.45) is 1.85. The lowest BCUT2D eigenvalue weighted by Gasteiger charge is -2.28. The molecule has 0 radical (unpaired) electrons. The van der Waals surface area contributed by atoms with Gasteiger partial charge in [-0.1, -0.05) is 0 Å². The Kier molecular flexibility index (Phi) is 6.39. The van der Waals surface area contributed by atoms with Crippen molar-refractivity contribution in [2.75, 3.05) is 18.6 Å². The van der Waals surface area contributed by atoms with Crippen LogP contribution in [0.15, 0.2) is 29.2 Å². The summed E-state index contributed by atoms with van der Waals surface area (Å²) >= 11 is 1.46. The number of nitrogens with two attached hydrogens (primary N) is 1. The minimum Gasteiger partial charge on any atom is -0.354 e. The average Bonchev–Trinajstić information content (AvgIpc) is 2.46. The molecule has 0 heterocycles. The van der Waals surface area contributed by atoms with Gasteiger partial charge >= 0.3 is 0 Å². The Hall–Kier alpha value is -1.12. The van der Waals surface area contributed by atoms with E-state index >= 15 is 0 Å². The van der Waals surface area contributed by atoms with Gasteiger partial charge in [-0.05, 0) is 44.4 Å². The number of thioether (sulfide) groups is 1. The molecule has 1 rings (SSSR count). The van der Waals surface area contributed by atoms with Crippen LogP contribution in [0.25, 0.3) is 0 Å². The molecule has 1 aromatic rings. The third-order valence-electron chi connectivity index (χ3n) is 3.40. The van der Waals surface area contributed by atoms with Gasteiger partial charge in [-0.3, -0.25) is 4.79 Å². The normalized spacial score (nSPS) is 13.7. The molecule has 0 spiro atoms. The Balaban J connectivity index is 2.60. The highest BCUT2D eigenvalue weighted by Crippen LogP contribution is 2.24. The number of benzene rings is 1. The summed E-state index contributed by atoms with van der Waals surface area (Å²) in [6.45, 7) is 3.64. The van der Waals surface area contributed by atoms with Crippen molar-refractivity contribution in [1.82, 2.24) is 5.32 Å². The fraction of sp³-hybridized carbons (Fsp3) is 0.500. The molecule has 0 bridgehead atoms. The molecule has 1 amide bonds. The smallest absolute Gasteiger partial charge is 0.238 e. The summed E-state index contributed by atoms with van der Waals surface area (Å²) in [5, 5.41) is 2.53. The molecule has 3 N–H and O–H groups in total. The summed E-state index contributed by atoms with van der Waals surface area (Å²) in [5.41, 5.74) is 5.86. The molecule has 0 aliphatic carbocycles. The first-order valence-electron chi connectivity index (χ1n) is 6.67. The minimum atomic E-state index is -3.57. The van der Waals surface area contributed by atoms with Crippen LogP contribution in [0.4, 0.5) is 4.39 Å². The largest absolute Gasteiger partial charge is 0.354 e. The maximum atomic E-state index is 12.8. The number of rotatable bonds is 7. The first kappa shape index (κ1) is 18.9. The van der Waals surface area contributed by atoms with Crippen molar-refractivity contribution in [3.05, 3.63) is 30.1 Å². The van der Waals surface area contributed by atoms with Crippen LogP contribution in [0.1, 0.15) is 13.8 Å². The zero-order valence-corrected chi connectivity index (χ0v) is 14.4. The van der Waals surface area contributed by atoms with Gasteiger partial charge < -0.3 is 11.1 Å². The maximum Gasteiger partial charge on any atom is 0.238 e. The molecule has 5 nitrogen and oxygen atoms in total. The van der Waals surface area contributed by atoms with Crippen molar-refractivity contribution >= 4 is 27.5 Å². The SMILES string of the molecule is CSC(C)(C)[C@H](N)C(=O)NCCS(=O)(=O)c1ccc(F)cc1. The lowest BCUT2D eigenvalue weighted by Crippen LogP contribution is -2.52. The number of hydrogen-bond donors (Lipinski definition) is 2. The predicted molar refractivity (Wildman–Crippen MR) is 87.0 cm³/mol. The first-order valence-corrected chi connectivity index (χ1v) is 9.54. The Labute approximate surface area is 134 Å². The lowest BCUT2D eigenvalue weighted by molar-refractivity contribution is -0.122. The molecule has 0 aliphatic rings. The highest BCUT2D eigenvalue weighted by Gasteiger charge is 2.31. The maximum absolute atomic E-state index is 12.8. The van der Waals surface area contributed by atoms with Gasteiger partial charge in [-0.15, -0.1) is 0 Å². The van der Waals surface area contributed by atoms with Crippen molar-refractivity contribution in [3.63, 3.8) is 0 Å². The van der Waals surface area contributed by atoms with Crippen LogP contribution in [0.5, 0.6) is 0 Å². The van der Waals surface area contributed by atoms with Gasteiger partial charge in [-0.25, -0.2) is 12.8 Å². The van der Waals surface area contributed by atoms with Gasteiger partial charge in [0.2, 0.25) is 5.91 Å². The van der Waals surface area contributed by atoms with Gasteiger partial charge in [-0.2, -0.15) is 11.8 Å². The van der Waals surface area contributed by atoms with E-state index in [0.717, 1.165) is 12.1 Å². The Morgan fingerprint density at radius 3 is 2.41 bits per heavy atom. The molecule has 1 atom stereocenters. The van der Waals surface area contributed by atoms with Crippen LogP contribution in [-0.4, -0.2) is 43.7 Å². The zero-order valence-electron chi connectivity index (χ0n) is 12.8. The highest BCUT2D eigenvalue weighted by atomic mass is 32.2. The van der Waals surface area contributed by atoms with E-state index in [1.807, 2.05) is 20.1 Å². The second-order valence-electron chi connectivity index (χ2n) is 5.35. The second kappa shape index (κ2) is 7.43. The number of carbonyl (C=O) groups excluding carboxylic acids is 1. The van der Waals surface area contributed by atoms with E-state index in [-0.39, 0.29) is 17.2 Å². The molecule has 22 heavy (non-hydrogen) atoms.